The highest BCUT2D eigenvalue weighted by Gasteiger charge is 2.21. The third-order valence-electron chi connectivity index (χ3n) is 3.59. The average Bonchev–Trinajstić information content (AvgIpc) is 3.18. The Labute approximate surface area is 121 Å². The standard InChI is InChI=1S/C15H25N3S/c1-11-9-12(2)17-15(18(3)7-8-19-4)14(11)10-16-13-5-6-13/h9,13,16H,5-8,10H2,1-4H3. The van der Waals surface area contributed by atoms with Crippen molar-refractivity contribution in [2.75, 3.05) is 30.5 Å². The van der Waals surface area contributed by atoms with Gasteiger partial charge in [0.25, 0.3) is 0 Å². The van der Waals surface area contributed by atoms with Crippen LogP contribution in [0.2, 0.25) is 0 Å². The van der Waals surface area contributed by atoms with E-state index in [0.29, 0.717) is 0 Å². The molecule has 0 saturated heterocycles. The highest BCUT2D eigenvalue weighted by Crippen LogP contribution is 2.24. The van der Waals surface area contributed by atoms with Gasteiger partial charge in [-0.3, -0.25) is 0 Å². The monoisotopic (exact) mass is 279 g/mol. The van der Waals surface area contributed by atoms with E-state index in [4.69, 9.17) is 4.98 Å². The largest absolute Gasteiger partial charge is 0.359 e. The third kappa shape index (κ3) is 4.11. The van der Waals surface area contributed by atoms with Gasteiger partial charge in [0.15, 0.2) is 0 Å². The highest BCUT2D eigenvalue weighted by atomic mass is 32.2. The minimum atomic E-state index is 0.741. The van der Waals surface area contributed by atoms with Crippen LogP contribution in [-0.4, -0.2) is 36.6 Å². The lowest BCUT2D eigenvalue weighted by atomic mass is 10.1. The number of rotatable bonds is 7. The van der Waals surface area contributed by atoms with Crippen molar-refractivity contribution in [2.45, 2.75) is 39.3 Å². The predicted octanol–water partition coefficient (Wildman–Crippen LogP) is 2.75. The zero-order chi connectivity index (χ0) is 13.8. The number of hydrogen-bond acceptors (Lipinski definition) is 4. The van der Waals surface area contributed by atoms with Gasteiger partial charge in [0, 0.05) is 43.2 Å². The van der Waals surface area contributed by atoms with Crippen LogP contribution in [0.5, 0.6) is 0 Å². The quantitative estimate of drug-likeness (QED) is 0.831. The molecular weight excluding hydrogens is 254 g/mol. The minimum Gasteiger partial charge on any atom is -0.359 e. The van der Waals surface area contributed by atoms with E-state index in [0.717, 1.165) is 36.4 Å². The molecule has 0 amide bonds. The van der Waals surface area contributed by atoms with Crippen LogP contribution >= 0.6 is 11.8 Å². The number of anilines is 1. The molecule has 3 nitrogen and oxygen atoms in total. The first-order chi connectivity index (χ1) is 9.11. The Morgan fingerprint density at radius 1 is 1.42 bits per heavy atom. The maximum atomic E-state index is 4.76. The van der Waals surface area contributed by atoms with E-state index in [1.807, 2.05) is 11.8 Å². The van der Waals surface area contributed by atoms with Crippen LogP contribution in [-0.2, 0) is 6.54 Å². The van der Waals surface area contributed by atoms with Crippen LogP contribution in [0.4, 0.5) is 5.82 Å². The van der Waals surface area contributed by atoms with Crippen molar-refractivity contribution in [3.8, 4) is 0 Å². The van der Waals surface area contributed by atoms with Gasteiger partial charge < -0.3 is 10.2 Å². The Hall–Kier alpha value is -0.740. The fourth-order valence-electron chi connectivity index (χ4n) is 2.25. The third-order valence-corrected chi connectivity index (χ3v) is 4.18. The molecular formula is C15H25N3S. The van der Waals surface area contributed by atoms with Crippen molar-refractivity contribution < 1.29 is 0 Å². The second kappa shape index (κ2) is 6.62. The van der Waals surface area contributed by atoms with Crippen molar-refractivity contribution in [1.29, 1.82) is 0 Å². The summed E-state index contributed by atoms with van der Waals surface area (Å²) in [6.07, 6.45) is 4.81. The van der Waals surface area contributed by atoms with Crippen LogP contribution in [0.1, 0.15) is 29.7 Å². The Balaban J connectivity index is 2.16. The Morgan fingerprint density at radius 3 is 2.79 bits per heavy atom. The predicted molar refractivity (Wildman–Crippen MR) is 85.2 cm³/mol. The van der Waals surface area contributed by atoms with E-state index in [1.165, 1.54) is 24.0 Å². The summed E-state index contributed by atoms with van der Waals surface area (Å²) in [6.45, 7) is 6.28. The second-order valence-corrected chi connectivity index (χ2v) is 6.44. The molecule has 106 valence electrons. The first-order valence-electron chi connectivity index (χ1n) is 7.02. The molecule has 1 N–H and O–H groups in total. The van der Waals surface area contributed by atoms with Crippen LogP contribution in [0.3, 0.4) is 0 Å². The molecule has 0 bridgehead atoms. The molecule has 0 spiro atoms. The van der Waals surface area contributed by atoms with Crippen molar-refractivity contribution in [3.63, 3.8) is 0 Å². The topological polar surface area (TPSA) is 28.2 Å². The highest BCUT2D eigenvalue weighted by molar-refractivity contribution is 7.98. The summed E-state index contributed by atoms with van der Waals surface area (Å²) in [4.78, 5) is 7.05. The Kier molecular flexibility index (Phi) is 5.11. The number of nitrogens with zero attached hydrogens (tertiary/aromatic N) is 2. The van der Waals surface area contributed by atoms with Gasteiger partial charge in [0.2, 0.25) is 0 Å². The summed E-state index contributed by atoms with van der Waals surface area (Å²) in [5, 5.41) is 3.61. The van der Waals surface area contributed by atoms with Gasteiger partial charge in [-0.1, -0.05) is 0 Å². The van der Waals surface area contributed by atoms with Crippen molar-refractivity contribution in [1.82, 2.24) is 10.3 Å². The van der Waals surface area contributed by atoms with Gasteiger partial charge in [-0.15, -0.1) is 0 Å². The van der Waals surface area contributed by atoms with E-state index in [-0.39, 0.29) is 0 Å². The molecule has 0 aliphatic heterocycles. The molecule has 19 heavy (non-hydrogen) atoms. The summed E-state index contributed by atoms with van der Waals surface area (Å²) in [5.41, 5.74) is 3.83. The van der Waals surface area contributed by atoms with Gasteiger partial charge in [-0.05, 0) is 44.6 Å². The molecule has 1 heterocycles. The Bertz CT molecular complexity index is 430. The maximum Gasteiger partial charge on any atom is 0.133 e. The van der Waals surface area contributed by atoms with E-state index in [1.54, 1.807) is 0 Å². The summed E-state index contributed by atoms with van der Waals surface area (Å²) in [6, 6.07) is 2.93. The van der Waals surface area contributed by atoms with Crippen molar-refractivity contribution >= 4 is 17.6 Å². The first-order valence-corrected chi connectivity index (χ1v) is 8.41. The van der Waals surface area contributed by atoms with Crippen LogP contribution < -0.4 is 10.2 Å². The van der Waals surface area contributed by atoms with Crippen LogP contribution in [0, 0.1) is 13.8 Å². The van der Waals surface area contributed by atoms with Gasteiger partial charge >= 0.3 is 0 Å². The zero-order valence-electron chi connectivity index (χ0n) is 12.5. The van der Waals surface area contributed by atoms with Gasteiger partial charge in [-0.25, -0.2) is 4.98 Å². The summed E-state index contributed by atoms with van der Waals surface area (Å²) in [7, 11) is 2.15. The molecule has 1 aliphatic carbocycles. The normalized spacial score (nSPS) is 14.7. The molecule has 2 rings (SSSR count). The van der Waals surface area contributed by atoms with Crippen molar-refractivity contribution in [2.24, 2.45) is 0 Å². The molecule has 0 atom stereocenters. The number of nitrogens with one attached hydrogen (secondary N) is 1. The lowest BCUT2D eigenvalue weighted by Gasteiger charge is -2.23. The SMILES string of the molecule is CSCCN(C)c1nc(C)cc(C)c1CNC1CC1. The van der Waals surface area contributed by atoms with E-state index in [2.05, 4.69) is 43.4 Å². The van der Waals surface area contributed by atoms with Crippen LogP contribution in [0.15, 0.2) is 6.07 Å². The fraction of sp³-hybridized carbons (Fsp3) is 0.667. The molecule has 4 heteroatoms. The molecule has 0 aromatic carbocycles. The summed E-state index contributed by atoms with van der Waals surface area (Å²) >= 11 is 1.88. The van der Waals surface area contributed by atoms with E-state index < -0.39 is 0 Å². The maximum absolute atomic E-state index is 4.76. The molecule has 1 saturated carbocycles. The van der Waals surface area contributed by atoms with E-state index in [9.17, 15) is 0 Å². The molecule has 1 fully saturated rings. The Morgan fingerprint density at radius 2 is 2.16 bits per heavy atom. The second-order valence-electron chi connectivity index (χ2n) is 5.45. The number of hydrogen-bond donors (Lipinski definition) is 1. The number of thioether (sulfide) groups is 1. The molecule has 1 aromatic rings. The number of aryl methyl sites for hydroxylation is 2. The van der Waals surface area contributed by atoms with Crippen molar-refractivity contribution in [3.05, 3.63) is 22.9 Å². The lowest BCUT2D eigenvalue weighted by Crippen LogP contribution is -2.26. The zero-order valence-corrected chi connectivity index (χ0v) is 13.3. The number of pyridine rings is 1. The summed E-state index contributed by atoms with van der Waals surface area (Å²) in [5.74, 6) is 2.29. The minimum absolute atomic E-state index is 0.741. The molecule has 0 radical (unpaired) electrons. The summed E-state index contributed by atoms with van der Waals surface area (Å²) < 4.78 is 0. The number of aromatic nitrogens is 1. The van der Waals surface area contributed by atoms with Crippen LogP contribution in [0.25, 0.3) is 0 Å². The lowest BCUT2D eigenvalue weighted by molar-refractivity contribution is 0.680. The average molecular weight is 279 g/mol. The molecule has 0 unspecified atom stereocenters. The smallest absolute Gasteiger partial charge is 0.133 e. The van der Waals surface area contributed by atoms with Gasteiger partial charge in [0.05, 0.1) is 0 Å². The van der Waals surface area contributed by atoms with E-state index >= 15 is 0 Å². The first kappa shape index (κ1) is 14.7. The van der Waals surface area contributed by atoms with Gasteiger partial charge in [-0.2, -0.15) is 11.8 Å². The molecule has 1 aromatic heterocycles. The van der Waals surface area contributed by atoms with Gasteiger partial charge in [0.1, 0.15) is 5.82 Å². The fourth-order valence-corrected chi connectivity index (χ4v) is 2.70. The molecule has 1 aliphatic rings.